The lowest BCUT2D eigenvalue weighted by atomic mass is 10.0. The van der Waals surface area contributed by atoms with E-state index >= 15 is 0 Å². The van der Waals surface area contributed by atoms with Crippen LogP contribution >= 0.6 is 11.3 Å². The van der Waals surface area contributed by atoms with Crippen molar-refractivity contribution in [2.75, 3.05) is 13.7 Å². The Balaban J connectivity index is 1.66. The van der Waals surface area contributed by atoms with E-state index in [0.717, 1.165) is 4.88 Å². The monoisotopic (exact) mass is 441 g/mol. The van der Waals surface area contributed by atoms with Gasteiger partial charge in [0, 0.05) is 22.6 Å². The molecule has 3 rings (SSSR count). The van der Waals surface area contributed by atoms with Crippen molar-refractivity contribution in [1.82, 2.24) is 10.6 Å². The summed E-state index contributed by atoms with van der Waals surface area (Å²) in [5.41, 5.74) is 0.968. The van der Waals surface area contributed by atoms with Crippen molar-refractivity contribution >= 4 is 29.0 Å². The first-order valence-corrected chi connectivity index (χ1v) is 10.00. The molecule has 9 nitrogen and oxygen atoms in total. The van der Waals surface area contributed by atoms with E-state index in [1.807, 2.05) is 17.5 Å². The number of hydrogen-bond donors (Lipinski definition) is 2. The van der Waals surface area contributed by atoms with Crippen molar-refractivity contribution in [3.63, 3.8) is 0 Å². The average molecular weight is 441 g/mol. The molecule has 0 bridgehead atoms. The van der Waals surface area contributed by atoms with Crippen molar-refractivity contribution < 1.29 is 24.0 Å². The Morgan fingerprint density at radius 1 is 1.13 bits per heavy atom. The highest BCUT2D eigenvalue weighted by atomic mass is 32.1. The van der Waals surface area contributed by atoms with Crippen LogP contribution in [0.15, 0.2) is 60.0 Å². The zero-order valence-corrected chi connectivity index (χ0v) is 17.3. The van der Waals surface area contributed by atoms with Crippen LogP contribution < -0.4 is 20.1 Å². The number of non-ortho nitro benzene ring substituents is 1. The summed E-state index contributed by atoms with van der Waals surface area (Å²) in [6, 6.07) is 14.0. The number of nitrogens with one attached hydrogen (secondary N) is 2. The molecule has 1 aromatic heterocycles. The maximum Gasteiger partial charge on any atom is 0.321 e. The van der Waals surface area contributed by atoms with Crippen LogP contribution in [0, 0.1) is 10.1 Å². The molecule has 0 fully saturated rings. The van der Waals surface area contributed by atoms with Gasteiger partial charge in [0.15, 0.2) is 6.61 Å². The van der Waals surface area contributed by atoms with Gasteiger partial charge in [-0.15, -0.1) is 11.3 Å². The number of nitro groups is 1. The number of nitrogens with zero attached hydrogens (tertiary/aromatic N) is 1. The molecule has 1 heterocycles. The number of thiophene rings is 1. The molecule has 2 aromatic carbocycles. The van der Waals surface area contributed by atoms with Gasteiger partial charge in [0.1, 0.15) is 11.5 Å². The minimum atomic E-state index is -0.650. The van der Waals surface area contributed by atoms with E-state index in [9.17, 15) is 19.7 Å². The molecule has 0 saturated heterocycles. The third-order valence-corrected chi connectivity index (χ3v) is 5.07. The van der Waals surface area contributed by atoms with Crippen molar-refractivity contribution in [3.8, 4) is 22.6 Å². The summed E-state index contributed by atoms with van der Waals surface area (Å²) < 4.78 is 10.7. The Labute approximate surface area is 181 Å². The van der Waals surface area contributed by atoms with Crippen molar-refractivity contribution in [2.45, 2.75) is 6.54 Å². The Morgan fingerprint density at radius 3 is 2.55 bits per heavy atom. The molecule has 0 unspecified atom stereocenters. The highest BCUT2D eigenvalue weighted by Gasteiger charge is 2.16. The maximum absolute atomic E-state index is 12.1. The summed E-state index contributed by atoms with van der Waals surface area (Å²) in [7, 11) is 1.53. The first-order chi connectivity index (χ1) is 15.0. The van der Waals surface area contributed by atoms with Gasteiger partial charge in [0.2, 0.25) is 0 Å². The lowest BCUT2D eigenvalue weighted by Gasteiger charge is -2.12. The topological polar surface area (TPSA) is 120 Å². The van der Waals surface area contributed by atoms with E-state index in [4.69, 9.17) is 9.47 Å². The summed E-state index contributed by atoms with van der Waals surface area (Å²) in [6.07, 6.45) is 0. The van der Waals surface area contributed by atoms with Crippen LogP contribution in [-0.4, -0.2) is 30.6 Å². The molecule has 10 heteroatoms. The number of carbonyl (C=O) groups is 2. The molecule has 0 spiro atoms. The van der Waals surface area contributed by atoms with Crippen LogP contribution in [0.3, 0.4) is 0 Å². The van der Waals surface area contributed by atoms with E-state index in [1.165, 1.54) is 36.6 Å². The fraction of sp³-hybridized carbons (Fsp3) is 0.143. The Morgan fingerprint density at radius 2 is 1.90 bits per heavy atom. The molecule has 0 saturated carbocycles. The lowest BCUT2D eigenvalue weighted by molar-refractivity contribution is -0.384. The standard InChI is InChI=1S/C21H19N3O6S/c1-29-16-7-4-14(5-8-16)18-11-15(24(27)28)6-9-19(18)30-13-20(25)23-21(26)22-12-17-3-2-10-31-17/h2-11H,12-13H2,1H3,(H2,22,23,25,26). The molecule has 0 radical (unpaired) electrons. The van der Waals surface area contributed by atoms with Crippen LogP contribution in [0.25, 0.3) is 11.1 Å². The second kappa shape index (κ2) is 10.2. The molecule has 160 valence electrons. The molecule has 0 atom stereocenters. The van der Waals surface area contributed by atoms with Gasteiger partial charge in [-0.25, -0.2) is 4.79 Å². The number of benzene rings is 2. The zero-order valence-electron chi connectivity index (χ0n) is 16.5. The lowest BCUT2D eigenvalue weighted by Crippen LogP contribution is -2.41. The van der Waals surface area contributed by atoms with Gasteiger partial charge in [-0.05, 0) is 35.2 Å². The molecule has 0 aliphatic rings. The van der Waals surface area contributed by atoms with Gasteiger partial charge in [-0.3, -0.25) is 20.2 Å². The number of rotatable bonds is 8. The van der Waals surface area contributed by atoms with Crippen molar-refractivity contribution in [2.24, 2.45) is 0 Å². The second-order valence-corrected chi connectivity index (χ2v) is 7.30. The summed E-state index contributed by atoms with van der Waals surface area (Å²) in [5.74, 6) is 0.247. The fourth-order valence-corrected chi connectivity index (χ4v) is 3.33. The maximum atomic E-state index is 12.1. The number of ether oxygens (including phenoxy) is 2. The number of amides is 3. The van der Waals surface area contributed by atoms with E-state index in [2.05, 4.69) is 10.6 Å². The zero-order chi connectivity index (χ0) is 22.2. The SMILES string of the molecule is COc1ccc(-c2cc([N+](=O)[O-])ccc2OCC(=O)NC(=O)NCc2cccs2)cc1. The number of methoxy groups -OCH3 is 1. The minimum Gasteiger partial charge on any atom is -0.497 e. The summed E-state index contributed by atoms with van der Waals surface area (Å²) in [5, 5.41) is 17.8. The molecule has 2 N–H and O–H groups in total. The van der Waals surface area contributed by atoms with Crippen LogP contribution in [-0.2, 0) is 11.3 Å². The van der Waals surface area contributed by atoms with Gasteiger partial charge in [0.05, 0.1) is 18.6 Å². The van der Waals surface area contributed by atoms with Gasteiger partial charge in [-0.1, -0.05) is 18.2 Å². The van der Waals surface area contributed by atoms with Gasteiger partial charge >= 0.3 is 6.03 Å². The summed E-state index contributed by atoms with van der Waals surface area (Å²) >= 11 is 1.49. The Hall–Kier alpha value is -3.92. The van der Waals surface area contributed by atoms with Crippen LogP contribution in [0.1, 0.15) is 4.88 Å². The first-order valence-electron chi connectivity index (χ1n) is 9.12. The third-order valence-electron chi connectivity index (χ3n) is 4.19. The Kier molecular flexibility index (Phi) is 7.17. The van der Waals surface area contributed by atoms with Crippen molar-refractivity contribution in [3.05, 3.63) is 75.0 Å². The fourth-order valence-electron chi connectivity index (χ4n) is 2.68. The number of hydrogen-bond acceptors (Lipinski definition) is 7. The minimum absolute atomic E-state index is 0.115. The van der Waals surface area contributed by atoms with Gasteiger partial charge in [0.25, 0.3) is 11.6 Å². The highest BCUT2D eigenvalue weighted by Crippen LogP contribution is 2.34. The van der Waals surface area contributed by atoms with Crippen molar-refractivity contribution in [1.29, 1.82) is 0 Å². The van der Waals surface area contributed by atoms with E-state index in [0.29, 0.717) is 23.4 Å². The smallest absolute Gasteiger partial charge is 0.321 e. The van der Waals surface area contributed by atoms with Crippen LogP contribution in [0.5, 0.6) is 11.5 Å². The molecular weight excluding hydrogens is 422 g/mol. The van der Waals surface area contributed by atoms with Crippen LogP contribution in [0.4, 0.5) is 10.5 Å². The third kappa shape index (κ3) is 6.03. The molecule has 31 heavy (non-hydrogen) atoms. The van der Waals surface area contributed by atoms with E-state index in [1.54, 1.807) is 24.3 Å². The van der Waals surface area contributed by atoms with Gasteiger partial charge < -0.3 is 14.8 Å². The largest absolute Gasteiger partial charge is 0.497 e. The number of imide groups is 1. The molecule has 0 aliphatic carbocycles. The number of nitro benzene ring substituents is 1. The normalized spacial score (nSPS) is 10.2. The number of urea groups is 1. The Bertz CT molecular complexity index is 1070. The van der Waals surface area contributed by atoms with Crippen LogP contribution in [0.2, 0.25) is 0 Å². The predicted molar refractivity (Wildman–Crippen MR) is 115 cm³/mol. The van der Waals surface area contributed by atoms with Gasteiger partial charge in [-0.2, -0.15) is 0 Å². The summed E-state index contributed by atoms with van der Waals surface area (Å²) in [6.45, 7) is -0.130. The molecule has 3 amide bonds. The highest BCUT2D eigenvalue weighted by molar-refractivity contribution is 7.09. The number of carbonyl (C=O) groups excluding carboxylic acids is 2. The average Bonchev–Trinajstić information content (AvgIpc) is 3.30. The second-order valence-electron chi connectivity index (χ2n) is 6.26. The van der Waals surface area contributed by atoms with E-state index in [-0.39, 0.29) is 11.4 Å². The predicted octanol–water partition coefficient (Wildman–Crippen LogP) is 3.74. The molecular formula is C21H19N3O6S. The first kappa shape index (κ1) is 21.8. The quantitative estimate of drug-likeness (QED) is 0.406. The summed E-state index contributed by atoms with van der Waals surface area (Å²) in [4.78, 5) is 35.5. The molecule has 3 aromatic rings. The molecule has 0 aliphatic heterocycles. The van der Waals surface area contributed by atoms with E-state index < -0.39 is 23.5 Å².